The van der Waals surface area contributed by atoms with Gasteiger partial charge in [-0.2, -0.15) is 0 Å². The van der Waals surface area contributed by atoms with Crippen molar-refractivity contribution in [3.8, 4) is 0 Å². The van der Waals surface area contributed by atoms with Gasteiger partial charge >= 0.3 is 0 Å². The molecule has 0 unspecified atom stereocenters. The minimum Gasteiger partial charge on any atom is -0.0522 e. The minimum atomic E-state index is 0.939. The Kier molecular flexibility index (Phi) is 0.845. The van der Waals surface area contributed by atoms with Crippen LogP contribution < -0.4 is 0 Å². The second kappa shape index (κ2) is 1.62. The van der Waals surface area contributed by atoms with Crippen LogP contribution in [0.5, 0.6) is 0 Å². The van der Waals surface area contributed by atoms with Crippen molar-refractivity contribution in [3.05, 3.63) is 0 Å². The molecule has 5 saturated carbocycles. The molecule has 76 valence electrons. The van der Waals surface area contributed by atoms with Crippen molar-refractivity contribution in [2.75, 3.05) is 0 Å². The van der Waals surface area contributed by atoms with E-state index in [0.717, 1.165) is 21.7 Å². The molecule has 0 amide bonds. The van der Waals surface area contributed by atoms with Crippen LogP contribution in [0.25, 0.3) is 0 Å². The zero-order chi connectivity index (χ0) is 9.07. The van der Waals surface area contributed by atoms with Gasteiger partial charge in [0, 0.05) is 0 Å². The maximum absolute atomic E-state index is 1.63. The van der Waals surface area contributed by atoms with Crippen LogP contribution in [0, 0.1) is 21.7 Å². The topological polar surface area (TPSA) is 0 Å². The van der Waals surface area contributed by atoms with E-state index in [1.165, 1.54) is 0 Å². The van der Waals surface area contributed by atoms with Crippen LogP contribution in [0.15, 0.2) is 0 Å². The molecular formula is C14H20. The Morgan fingerprint density at radius 1 is 0.357 bits per heavy atom. The molecule has 5 aliphatic rings. The maximum atomic E-state index is 1.63. The van der Waals surface area contributed by atoms with Gasteiger partial charge in [0.1, 0.15) is 0 Å². The van der Waals surface area contributed by atoms with Crippen LogP contribution in [-0.4, -0.2) is 0 Å². The second-order valence-electron chi connectivity index (χ2n) is 7.04. The van der Waals surface area contributed by atoms with Gasteiger partial charge in [0.2, 0.25) is 0 Å². The summed E-state index contributed by atoms with van der Waals surface area (Å²) in [5.74, 6) is 0. The molecule has 0 nitrogen and oxygen atoms in total. The largest absolute Gasteiger partial charge is 0.0522 e. The molecule has 14 heavy (non-hydrogen) atoms. The van der Waals surface area contributed by atoms with E-state index in [1.807, 2.05) is 0 Å². The SMILES string of the molecule is C1CC2(C1)C1(CCC1)C1(CC1)C21CC1. The van der Waals surface area contributed by atoms with Gasteiger partial charge < -0.3 is 0 Å². The molecule has 0 saturated heterocycles. The lowest BCUT2D eigenvalue weighted by Crippen LogP contribution is -2.73. The summed E-state index contributed by atoms with van der Waals surface area (Å²) in [6.45, 7) is 0. The highest BCUT2D eigenvalue weighted by Gasteiger charge is 2.93. The van der Waals surface area contributed by atoms with Gasteiger partial charge in [0.05, 0.1) is 0 Å². The average molecular weight is 188 g/mol. The first-order valence-electron chi connectivity index (χ1n) is 6.83. The Balaban J connectivity index is 1.70. The van der Waals surface area contributed by atoms with Crippen molar-refractivity contribution >= 4 is 0 Å². The molecule has 0 atom stereocenters. The molecule has 0 bridgehead atoms. The van der Waals surface area contributed by atoms with Crippen molar-refractivity contribution in [3.63, 3.8) is 0 Å². The van der Waals surface area contributed by atoms with E-state index in [4.69, 9.17) is 0 Å². The van der Waals surface area contributed by atoms with Crippen LogP contribution in [-0.2, 0) is 0 Å². The molecule has 0 aromatic carbocycles. The fourth-order valence-electron chi connectivity index (χ4n) is 6.91. The van der Waals surface area contributed by atoms with Crippen molar-refractivity contribution in [2.24, 2.45) is 21.7 Å². The van der Waals surface area contributed by atoms with E-state index in [9.17, 15) is 0 Å². The van der Waals surface area contributed by atoms with Crippen LogP contribution in [0.1, 0.15) is 64.2 Å². The van der Waals surface area contributed by atoms with Gasteiger partial charge in [-0.25, -0.2) is 0 Å². The molecule has 0 radical (unpaired) electrons. The molecule has 0 aromatic heterocycles. The smallest absolute Gasteiger partial charge is 0.0173 e. The number of hydrogen-bond acceptors (Lipinski definition) is 0. The average Bonchev–Trinajstić information content (AvgIpc) is 2.80. The summed E-state index contributed by atoms with van der Waals surface area (Å²) in [6.07, 6.45) is 16.2. The molecule has 5 fully saturated rings. The van der Waals surface area contributed by atoms with Gasteiger partial charge in [-0.3, -0.25) is 0 Å². The van der Waals surface area contributed by atoms with E-state index < -0.39 is 0 Å². The summed E-state index contributed by atoms with van der Waals surface area (Å²) in [5.41, 5.74) is 3.79. The Morgan fingerprint density at radius 2 is 0.643 bits per heavy atom. The highest BCUT2D eigenvalue weighted by molar-refractivity contribution is 5.42. The van der Waals surface area contributed by atoms with Gasteiger partial charge in [-0.05, 0) is 73.0 Å². The van der Waals surface area contributed by atoms with Gasteiger partial charge in [0.15, 0.2) is 0 Å². The zero-order valence-corrected chi connectivity index (χ0v) is 9.07. The summed E-state index contributed by atoms with van der Waals surface area (Å²) in [6, 6.07) is 0. The molecule has 0 heteroatoms. The highest BCUT2D eigenvalue weighted by atomic mass is 15.0. The summed E-state index contributed by atoms with van der Waals surface area (Å²) in [7, 11) is 0. The summed E-state index contributed by atoms with van der Waals surface area (Å²) < 4.78 is 0. The van der Waals surface area contributed by atoms with Crippen LogP contribution in [0.4, 0.5) is 0 Å². The van der Waals surface area contributed by atoms with Crippen molar-refractivity contribution < 1.29 is 0 Å². The van der Waals surface area contributed by atoms with Crippen molar-refractivity contribution in [2.45, 2.75) is 64.2 Å². The Hall–Kier alpha value is 0. The molecule has 0 N–H and O–H groups in total. The molecular weight excluding hydrogens is 168 g/mol. The van der Waals surface area contributed by atoms with E-state index in [-0.39, 0.29) is 0 Å². The third-order valence-electron chi connectivity index (χ3n) is 7.58. The maximum Gasteiger partial charge on any atom is -0.0173 e. The third-order valence-corrected chi connectivity index (χ3v) is 7.58. The number of fused-ring (bicyclic) bond motifs is 4. The van der Waals surface area contributed by atoms with Crippen LogP contribution in [0.2, 0.25) is 0 Å². The van der Waals surface area contributed by atoms with Crippen LogP contribution in [0.3, 0.4) is 0 Å². The number of hydrogen-bond donors (Lipinski definition) is 0. The van der Waals surface area contributed by atoms with Crippen molar-refractivity contribution in [1.29, 1.82) is 0 Å². The molecule has 5 aliphatic carbocycles. The molecule has 0 aliphatic heterocycles. The van der Waals surface area contributed by atoms with Crippen LogP contribution >= 0.6 is 0 Å². The Labute approximate surface area is 86.5 Å². The Bertz CT molecular complexity index is 288. The van der Waals surface area contributed by atoms with Gasteiger partial charge in [-0.15, -0.1) is 0 Å². The minimum absolute atomic E-state index is 0.939. The lowest BCUT2D eigenvalue weighted by Gasteiger charge is -2.80. The summed E-state index contributed by atoms with van der Waals surface area (Å²) >= 11 is 0. The van der Waals surface area contributed by atoms with E-state index >= 15 is 0 Å². The first-order valence-corrected chi connectivity index (χ1v) is 6.83. The fourth-order valence-corrected chi connectivity index (χ4v) is 6.91. The highest BCUT2D eigenvalue weighted by Crippen LogP contribution is 3.01. The van der Waals surface area contributed by atoms with Crippen molar-refractivity contribution in [1.82, 2.24) is 0 Å². The lowest BCUT2D eigenvalue weighted by atomic mass is 9.24. The number of rotatable bonds is 0. The summed E-state index contributed by atoms with van der Waals surface area (Å²) in [5, 5.41) is 0. The lowest BCUT2D eigenvalue weighted by molar-refractivity contribution is -0.321. The standard InChI is InChI=1S/C14H20/c1-3-11(4-1)12(5-2-6-12)14(9-10-14)13(11)7-8-13/h1-10H2. The fraction of sp³-hybridized carbons (Fsp3) is 1.00. The molecule has 4 spiro atoms. The third kappa shape index (κ3) is 0.378. The molecule has 5 rings (SSSR count). The predicted octanol–water partition coefficient (Wildman–Crippen LogP) is 3.90. The van der Waals surface area contributed by atoms with Gasteiger partial charge in [-0.1, -0.05) is 12.8 Å². The first-order chi connectivity index (χ1) is 6.83. The van der Waals surface area contributed by atoms with E-state index in [1.54, 1.807) is 64.2 Å². The second-order valence-corrected chi connectivity index (χ2v) is 7.04. The molecule has 0 heterocycles. The Morgan fingerprint density at radius 3 is 0.786 bits per heavy atom. The quantitative estimate of drug-likeness (QED) is 0.541. The molecule has 0 aromatic rings. The first kappa shape index (κ1) is 7.30. The zero-order valence-electron chi connectivity index (χ0n) is 9.07. The monoisotopic (exact) mass is 188 g/mol. The van der Waals surface area contributed by atoms with Gasteiger partial charge in [0.25, 0.3) is 0 Å². The normalized spacial score (nSPS) is 44.6. The summed E-state index contributed by atoms with van der Waals surface area (Å²) in [4.78, 5) is 0. The van der Waals surface area contributed by atoms with E-state index in [0.29, 0.717) is 0 Å². The van der Waals surface area contributed by atoms with E-state index in [2.05, 4.69) is 0 Å². The predicted molar refractivity (Wildman–Crippen MR) is 55.9 cm³/mol.